The summed E-state index contributed by atoms with van der Waals surface area (Å²) in [6.45, 7) is 7.12. The zero-order valence-corrected chi connectivity index (χ0v) is 10.8. The first kappa shape index (κ1) is 11.9. The van der Waals surface area contributed by atoms with Crippen molar-refractivity contribution in [2.75, 3.05) is 39.4 Å². The molecule has 97 valence electrons. The van der Waals surface area contributed by atoms with Crippen LogP contribution in [0.3, 0.4) is 0 Å². The summed E-state index contributed by atoms with van der Waals surface area (Å²) in [5.74, 6) is 0. The molecule has 0 aromatic carbocycles. The standard InChI is InChI=1S/C14H25N2O/c1-2-8-15(7-1)13-3-9-16(10-4-13)14-5-11-17-12-6-14/h1,13-14H,2-12H2. The average Bonchev–Trinajstić information content (AvgIpc) is 2.94. The molecular formula is C14H25N2O. The van der Waals surface area contributed by atoms with E-state index in [2.05, 4.69) is 16.2 Å². The van der Waals surface area contributed by atoms with E-state index in [1.54, 1.807) is 0 Å². The Bertz CT molecular complexity index is 226. The van der Waals surface area contributed by atoms with Gasteiger partial charge in [-0.2, -0.15) is 0 Å². The lowest BCUT2D eigenvalue weighted by atomic mass is 9.99. The van der Waals surface area contributed by atoms with Crippen LogP contribution in [0.5, 0.6) is 0 Å². The van der Waals surface area contributed by atoms with E-state index in [-0.39, 0.29) is 0 Å². The van der Waals surface area contributed by atoms with Gasteiger partial charge in [0, 0.05) is 31.8 Å². The van der Waals surface area contributed by atoms with Crippen molar-refractivity contribution in [1.82, 2.24) is 9.80 Å². The van der Waals surface area contributed by atoms with E-state index in [1.807, 2.05) is 0 Å². The van der Waals surface area contributed by atoms with Crippen molar-refractivity contribution in [2.24, 2.45) is 0 Å². The molecule has 3 fully saturated rings. The second-order valence-corrected chi connectivity index (χ2v) is 5.68. The van der Waals surface area contributed by atoms with Crippen molar-refractivity contribution in [3.63, 3.8) is 0 Å². The summed E-state index contributed by atoms with van der Waals surface area (Å²) in [6.07, 6.45) is 9.01. The van der Waals surface area contributed by atoms with Gasteiger partial charge in [0.2, 0.25) is 0 Å². The molecule has 3 aliphatic rings. The first-order chi connectivity index (χ1) is 8.43. The van der Waals surface area contributed by atoms with Crippen LogP contribution in [0.2, 0.25) is 0 Å². The van der Waals surface area contributed by atoms with Crippen molar-refractivity contribution in [1.29, 1.82) is 0 Å². The predicted molar refractivity (Wildman–Crippen MR) is 68.9 cm³/mol. The lowest BCUT2D eigenvalue weighted by Gasteiger charge is -2.41. The van der Waals surface area contributed by atoms with Gasteiger partial charge in [0.25, 0.3) is 0 Å². The SMILES string of the molecule is [CH]1CCN(C2CCN(C3CCOCC3)CC2)C1. The zero-order chi connectivity index (χ0) is 11.5. The monoisotopic (exact) mass is 237 g/mol. The minimum absolute atomic E-state index is 0.815. The van der Waals surface area contributed by atoms with Crippen molar-refractivity contribution < 1.29 is 4.74 Å². The third-order valence-corrected chi connectivity index (χ3v) is 4.71. The molecule has 3 heteroatoms. The Kier molecular flexibility index (Phi) is 3.99. The van der Waals surface area contributed by atoms with E-state index in [9.17, 15) is 0 Å². The second kappa shape index (κ2) is 5.68. The lowest BCUT2D eigenvalue weighted by Crippen LogP contribution is -2.48. The van der Waals surface area contributed by atoms with Gasteiger partial charge in [-0.3, -0.25) is 4.90 Å². The Morgan fingerprint density at radius 2 is 1.53 bits per heavy atom. The van der Waals surface area contributed by atoms with Gasteiger partial charge in [-0.25, -0.2) is 0 Å². The number of ether oxygens (including phenoxy) is 1. The number of piperidine rings is 1. The van der Waals surface area contributed by atoms with Crippen LogP contribution in [0.4, 0.5) is 0 Å². The Hall–Kier alpha value is -0.120. The van der Waals surface area contributed by atoms with Crippen molar-refractivity contribution in [3.8, 4) is 0 Å². The van der Waals surface area contributed by atoms with Crippen LogP contribution in [0, 0.1) is 6.42 Å². The normalized spacial score (nSPS) is 31.1. The van der Waals surface area contributed by atoms with Gasteiger partial charge in [0.15, 0.2) is 0 Å². The van der Waals surface area contributed by atoms with Crippen molar-refractivity contribution >= 4 is 0 Å². The maximum absolute atomic E-state index is 5.45. The van der Waals surface area contributed by atoms with Gasteiger partial charge in [-0.1, -0.05) is 0 Å². The lowest BCUT2D eigenvalue weighted by molar-refractivity contribution is 0.0159. The fourth-order valence-electron chi connectivity index (χ4n) is 3.60. The second-order valence-electron chi connectivity index (χ2n) is 5.68. The molecule has 0 unspecified atom stereocenters. The molecule has 0 aromatic rings. The van der Waals surface area contributed by atoms with E-state index in [0.717, 1.165) is 25.3 Å². The van der Waals surface area contributed by atoms with Gasteiger partial charge in [0.1, 0.15) is 0 Å². The van der Waals surface area contributed by atoms with Crippen LogP contribution in [0.25, 0.3) is 0 Å². The molecule has 3 aliphatic heterocycles. The molecule has 3 rings (SSSR count). The molecule has 0 saturated carbocycles. The molecule has 0 aromatic heterocycles. The maximum atomic E-state index is 5.45. The molecule has 1 radical (unpaired) electrons. The number of hydrogen-bond acceptors (Lipinski definition) is 3. The molecule has 0 amide bonds. The highest BCUT2D eigenvalue weighted by molar-refractivity contribution is 4.89. The first-order valence-corrected chi connectivity index (χ1v) is 7.31. The van der Waals surface area contributed by atoms with Gasteiger partial charge < -0.3 is 9.64 Å². The highest BCUT2D eigenvalue weighted by atomic mass is 16.5. The fraction of sp³-hybridized carbons (Fsp3) is 0.929. The molecule has 17 heavy (non-hydrogen) atoms. The van der Waals surface area contributed by atoms with Crippen LogP contribution >= 0.6 is 0 Å². The van der Waals surface area contributed by atoms with Crippen molar-refractivity contribution in [3.05, 3.63) is 6.42 Å². The van der Waals surface area contributed by atoms with E-state index >= 15 is 0 Å². The van der Waals surface area contributed by atoms with Gasteiger partial charge in [0.05, 0.1) is 0 Å². The van der Waals surface area contributed by atoms with Crippen LogP contribution in [-0.4, -0.2) is 61.3 Å². The molecule has 0 aliphatic carbocycles. The van der Waals surface area contributed by atoms with Crippen LogP contribution < -0.4 is 0 Å². The molecule has 3 nitrogen and oxygen atoms in total. The van der Waals surface area contributed by atoms with E-state index < -0.39 is 0 Å². The first-order valence-electron chi connectivity index (χ1n) is 7.31. The number of nitrogens with zero attached hydrogens (tertiary/aromatic N) is 2. The molecule has 3 heterocycles. The number of hydrogen-bond donors (Lipinski definition) is 0. The van der Waals surface area contributed by atoms with Crippen LogP contribution in [0.15, 0.2) is 0 Å². The summed E-state index contributed by atoms with van der Waals surface area (Å²) in [4.78, 5) is 5.40. The summed E-state index contributed by atoms with van der Waals surface area (Å²) >= 11 is 0. The van der Waals surface area contributed by atoms with E-state index in [1.165, 1.54) is 58.3 Å². The van der Waals surface area contributed by atoms with Crippen LogP contribution in [0.1, 0.15) is 32.1 Å². The van der Waals surface area contributed by atoms with E-state index in [0.29, 0.717) is 0 Å². The molecular weight excluding hydrogens is 212 g/mol. The number of rotatable bonds is 2. The average molecular weight is 237 g/mol. The molecule has 0 atom stereocenters. The smallest absolute Gasteiger partial charge is 0.0480 e. The fourth-order valence-corrected chi connectivity index (χ4v) is 3.60. The van der Waals surface area contributed by atoms with Crippen molar-refractivity contribution in [2.45, 2.75) is 44.2 Å². The predicted octanol–water partition coefficient (Wildman–Crippen LogP) is 1.54. The minimum atomic E-state index is 0.815. The van der Waals surface area contributed by atoms with Gasteiger partial charge in [-0.05, 0) is 58.2 Å². The third kappa shape index (κ3) is 2.83. The Labute approximate surface area is 105 Å². The Morgan fingerprint density at radius 1 is 0.824 bits per heavy atom. The summed E-state index contributed by atoms with van der Waals surface area (Å²) in [6, 6.07) is 1.68. The quantitative estimate of drug-likeness (QED) is 0.724. The summed E-state index contributed by atoms with van der Waals surface area (Å²) < 4.78 is 5.45. The Balaban J connectivity index is 1.46. The summed E-state index contributed by atoms with van der Waals surface area (Å²) in [5.41, 5.74) is 0. The molecule has 3 saturated heterocycles. The maximum Gasteiger partial charge on any atom is 0.0480 e. The minimum Gasteiger partial charge on any atom is -0.381 e. The molecule has 0 spiro atoms. The largest absolute Gasteiger partial charge is 0.381 e. The highest BCUT2D eigenvalue weighted by Crippen LogP contribution is 2.24. The van der Waals surface area contributed by atoms with Gasteiger partial charge in [-0.15, -0.1) is 0 Å². The van der Waals surface area contributed by atoms with E-state index in [4.69, 9.17) is 4.74 Å². The molecule has 0 bridgehead atoms. The van der Waals surface area contributed by atoms with Crippen LogP contribution in [-0.2, 0) is 4.74 Å². The topological polar surface area (TPSA) is 15.7 Å². The number of likely N-dealkylation sites (tertiary alicyclic amines) is 2. The summed E-state index contributed by atoms with van der Waals surface area (Å²) in [7, 11) is 0. The third-order valence-electron chi connectivity index (χ3n) is 4.71. The summed E-state index contributed by atoms with van der Waals surface area (Å²) in [5, 5.41) is 0. The Morgan fingerprint density at radius 3 is 2.18 bits per heavy atom. The molecule has 0 N–H and O–H groups in total. The zero-order valence-electron chi connectivity index (χ0n) is 10.8. The van der Waals surface area contributed by atoms with Gasteiger partial charge >= 0.3 is 0 Å². The highest BCUT2D eigenvalue weighted by Gasteiger charge is 2.29.